The van der Waals surface area contributed by atoms with Gasteiger partial charge in [0, 0.05) is 17.7 Å². The van der Waals surface area contributed by atoms with Crippen molar-refractivity contribution in [2.45, 2.75) is 52.1 Å². The molecule has 2 aliphatic rings. The van der Waals surface area contributed by atoms with Crippen molar-refractivity contribution in [3.63, 3.8) is 0 Å². The summed E-state index contributed by atoms with van der Waals surface area (Å²) in [6.07, 6.45) is 2.86. The van der Waals surface area contributed by atoms with Crippen molar-refractivity contribution in [3.8, 4) is 0 Å². The molecule has 0 spiro atoms. The molecule has 1 amide bonds. The Labute approximate surface area is 137 Å². The van der Waals surface area contributed by atoms with Gasteiger partial charge in [0.25, 0.3) is 5.91 Å². The minimum Gasteiger partial charge on any atom is -0.375 e. The molecule has 0 aromatic heterocycles. The number of Topliss-reactive ketones (excluding diaryl/α,β-unsaturated/α-hetero) is 1. The highest BCUT2D eigenvalue weighted by molar-refractivity contribution is 6.08. The second kappa shape index (κ2) is 5.45. The molecule has 4 nitrogen and oxygen atoms in total. The van der Waals surface area contributed by atoms with Crippen molar-refractivity contribution in [1.29, 1.82) is 0 Å². The van der Waals surface area contributed by atoms with Crippen LogP contribution >= 0.6 is 0 Å². The number of hydrogen-bond acceptors (Lipinski definition) is 3. The number of fused-ring (bicyclic) bond motifs is 1. The Morgan fingerprint density at radius 3 is 2.70 bits per heavy atom. The summed E-state index contributed by atoms with van der Waals surface area (Å²) in [6.45, 7) is 6.56. The van der Waals surface area contributed by atoms with E-state index in [0.717, 1.165) is 12.8 Å². The predicted octanol–water partition coefficient (Wildman–Crippen LogP) is 3.25. The third-order valence-electron chi connectivity index (χ3n) is 6.10. The van der Waals surface area contributed by atoms with Crippen LogP contribution < -0.4 is 5.32 Å². The molecule has 1 aliphatic heterocycles. The zero-order valence-corrected chi connectivity index (χ0v) is 14.1. The van der Waals surface area contributed by atoms with Gasteiger partial charge in [0.15, 0.2) is 5.60 Å². The predicted molar refractivity (Wildman–Crippen MR) is 88.9 cm³/mol. The van der Waals surface area contributed by atoms with Gasteiger partial charge in [0.1, 0.15) is 5.78 Å². The summed E-state index contributed by atoms with van der Waals surface area (Å²) in [4.78, 5) is 25.1. The minimum absolute atomic E-state index is 0.00232. The molecule has 1 aromatic rings. The van der Waals surface area contributed by atoms with Crippen molar-refractivity contribution >= 4 is 17.4 Å². The van der Waals surface area contributed by atoms with Crippen LogP contribution in [0.2, 0.25) is 0 Å². The van der Waals surface area contributed by atoms with Crippen LogP contribution in [0.25, 0.3) is 0 Å². The zero-order chi connectivity index (χ0) is 16.8. The smallest absolute Gasteiger partial charge is 0.261 e. The maximum atomic E-state index is 12.6. The van der Waals surface area contributed by atoms with E-state index in [-0.39, 0.29) is 11.2 Å². The second-order valence-electron chi connectivity index (χ2n) is 7.60. The largest absolute Gasteiger partial charge is 0.375 e. The number of hydrogen-bond donors (Lipinski definition) is 2. The summed E-state index contributed by atoms with van der Waals surface area (Å²) in [6, 6.07) is 7.13. The van der Waals surface area contributed by atoms with E-state index in [1.807, 2.05) is 6.07 Å². The first-order chi connectivity index (χ1) is 10.8. The van der Waals surface area contributed by atoms with Crippen LogP contribution in [0.3, 0.4) is 0 Å². The average molecular weight is 315 g/mol. The van der Waals surface area contributed by atoms with Gasteiger partial charge in [0.05, 0.1) is 5.92 Å². The van der Waals surface area contributed by atoms with Crippen molar-refractivity contribution in [2.24, 2.45) is 17.3 Å². The van der Waals surface area contributed by atoms with Gasteiger partial charge in [-0.15, -0.1) is 0 Å². The fourth-order valence-electron chi connectivity index (χ4n) is 4.04. The number of rotatable bonds is 3. The van der Waals surface area contributed by atoms with Crippen molar-refractivity contribution in [2.75, 3.05) is 5.32 Å². The molecule has 0 bridgehead atoms. The second-order valence-corrected chi connectivity index (χ2v) is 7.60. The van der Waals surface area contributed by atoms with E-state index in [0.29, 0.717) is 30.0 Å². The van der Waals surface area contributed by atoms with E-state index in [9.17, 15) is 14.7 Å². The summed E-state index contributed by atoms with van der Waals surface area (Å²) in [7, 11) is 0. The van der Waals surface area contributed by atoms with Crippen LogP contribution in [0.5, 0.6) is 0 Å². The van der Waals surface area contributed by atoms with E-state index >= 15 is 0 Å². The third-order valence-corrected chi connectivity index (χ3v) is 6.10. The lowest BCUT2D eigenvalue weighted by atomic mass is 9.62. The SMILES string of the molecule is CCC(C)(C)[C@H]1CCC(=O)[C@@H]([C@@]2(O)C(=O)Nc3ccccc32)C1. The van der Waals surface area contributed by atoms with Crippen LogP contribution in [-0.4, -0.2) is 16.8 Å². The number of benzene rings is 1. The van der Waals surface area contributed by atoms with E-state index in [1.165, 1.54) is 0 Å². The van der Waals surface area contributed by atoms with Crippen LogP contribution in [0.1, 0.15) is 52.0 Å². The maximum absolute atomic E-state index is 12.6. The highest BCUT2D eigenvalue weighted by Crippen LogP contribution is 2.49. The Morgan fingerprint density at radius 2 is 2.00 bits per heavy atom. The minimum atomic E-state index is -1.73. The molecule has 2 N–H and O–H groups in total. The van der Waals surface area contributed by atoms with Gasteiger partial charge in [-0.25, -0.2) is 0 Å². The van der Waals surface area contributed by atoms with E-state index in [2.05, 4.69) is 26.1 Å². The van der Waals surface area contributed by atoms with Crippen molar-refractivity contribution < 1.29 is 14.7 Å². The lowest BCUT2D eigenvalue weighted by Gasteiger charge is -2.42. The van der Waals surface area contributed by atoms with E-state index in [1.54, 1.807) is 18.2 Å². The molecule has 0 saturated heterocycles. The van der Waals surface area contributed by atoms with Gasteiger partial charge < -0.3 is 10.4 Å². The van der Waals surface area contributed by atoms with Crippen LogP contribution in [0, 0.1) is 17.3 Å². The Kier molecular flexibility index (Phi) is 3.83. The summed E-state index contributed by atoms with van der Waals surface area (Å²) < 4.78 is 0. The lowest BCUT2D eigenvalue weighted by Crippen LogP contribution is -2.49. The summed E-state index contributed by atoms with van der Waals surface area (Å²) in [5.74, 6) is -0.787. The van der Waals surface area contributed by atoms with Gasteiger partial charge >= 0.3 is 0 Å². The maximum Gasteiger partial charge on any atom is 0.261 e. The summed E-state index contributed by atoms with van der Waals surface area (Å²) in [5, 5.41) is 14.0. The summed E-state index contributed by atoms with van der Waals surface area (Å²) >= 11 is 0. The average Bonchev–Trinajstić information content (AvgIpc) is 2.80. The Morgan fingerprint density at radius 1 is 1.30 bits per heavy atom. The van der Waals surface area contributed by atoms with Crippen LogP contribution in [0.4, 0.5) is 5.69 Å². The number of carbonyl (C=O) groups excluding carboxylic acids is 2. The number of para-hydroxylation sites is 1. The number of amides is 1. The molecule has 0 unspecified atom stereocenters. The fraction of sp³-hybridized carbons (Fsp3) is 0.579. The van der Waals surface area contributed by atoms with Crippen LogP contribution in [-0.2, 0) is 15.2 Å². The molecule has 124 valence electrons. The Hall–Kier alpha value is -1.68. The topological polar surface area (TPSA) is 66.4 Å². The molecule has 4 heteroatoms. The molecular weight excluding hydrogens is 290 g/mol. The van der Waals surface area contributed by atoms with Gasteiger partial charge in [-0.1, -0.05) is 45.4 Å². The third kappa shape index (κ3) is 2.40. The van der Waals surface area contributed by atoms with Gasteiger partial charge in [-0.05, 0) is 30.2 Å². The molecule has 1 aromatic carbocycles. The monoisotopic (exact) mass is 315 g/mol. The summed E-state index contributed by atoms with van der Waals surface area (Å²) in [5.41, 5.74) is -0.469. The first-order valence-corrected chi connectivity index (χ1v) is 8.46. The highest BCUT2D eigenvalue weighted by Gasteiger charge is 2.55. The van der Waals surface area contributed by atoms with E-state index in [4.69, 9.17) is 0 Å². The molecule has 3 rings (SSSR count). The molecule has 1 saturated carbocycles. The first kappa shape index (κ1) is 16.2. The highest BCUT2D eigenvalue weighted by atomic mass is 16.3. The molecule has 3 atom stereocenters. The number of anilines is 1. The molecular formula is C19H25NO3. The number of carbonyl (C=O) groups is 2. The standard InChI is InChI=1S/C19H25NO3/c1-4-18(2,3)12-9-10-16(21)14(11-12)19(23)13-7-5-6-8-15(13)20-17(19)22/h5-8,12,14,23H,4,9-11H2,1-3H3,(H,20,22)/t12-,14-,19+/m0/s1. The normalized spacial score (nSPS) is 31.0. The van der Waals surface area contributed by atoms with Gasteiger partial charge in [0.2, 0.25) is 0 Å². The number of ketones is 1. The molecule has 1 heterocycles. The zero-order valence-electron chi connectivity index (χ0n) is 14.1. The van der Waals surface area contributed by atoms with Crippen LogP contribution in [0.15, 0.2) is 24.3 Å². The number of aliphatic hydroxyl groups is 1. The molecule has 1 aliphatic carbocycles. The number of nitrogens with one attached hydrogen (secondary N) is 1. The lowest BCUT2D eigenvalue weighted by molar-refractivity contribution is -0.153. The van der Waals surface area contributed by atoms with Crippen molar-refractivity contribution in [1.82, 2.24) is 0 Å². The molecule has 1 fully saturated rings. The fourth-order valence-corrected chi connectivity index (χ4v) is 4.04. The quantitative estimate of drug-likeness (QED) is 0.900. The first-order valence-electron chi connectivity index (χ1n) is 8.46. The molecule has 0 radical (unpaired) electrons. The van der Waals surface area contributed by atoms with Gasteiger partial charge in [-0.2, -0.15) is 0 Å². The van der Waals surface area contributed by atoms with Crippen molar-refractivity contribution in [3.05, 3.63) is 29.8 Å². The Balaban J connectivity index is 1.99. The Bertz CT molecular complexity index is 652. The molecule has 23 heavy (non-hydrogen) atoms. The van der Waals surface area contributed by atoms with Gasteiger partial charge in [-0.3, -0.25) is 9.59 Å². The van der Waals surface area contributed by atoms with E-state index < -0.39 is 17.4 Å².